The number of rotatable bonds is 2. The highest BCUT2D eigenvalue weighted by molar-refractivity contribution is 5.94. The Morgan fingerprint density at radius 2 is 1.85 bits per heavy atom. The van der Waals surface area contributed by atoms with Crippen LogP contribution in [0.25, 0.3) is 11.3 Å². The van der Waals surface area contributed by atoms with Gasteiger partial charge in [0.25, 0.3) is 5.91 Å². The minimum Gasteiger partial charge on any atom is -0.454 e. The van der Waals surface area contributed by atoms with Crippen molar-refractivity contribution in [3.05, 3.63) is 30.0 Å². The van der Waals surface area contributed by atoms with Crippen LogP contribution in [0.5, 0.6) is 11.5 Å². The van der Waals surface area contributed by atoms with Crippen molar-refractivity contribution in [2.45, 2.75) is 19.6 Å². The SMILES string of the molecule is CC1(C)OCC2(CO1)CN(C(=O)c1cc(-c3ccc4c(c3)OCO4)n[nH]1)C2. The second-order valence-corrected chi connectivity index (χ2v) is 7.87. The van der Waals surface area contributed by atoms with E-state index < -0.39 is 5.79 Å². The molecule has 0 atom stereocenters. The van der Waals surface area contributed by atoms with Crippen molar-refractivity contribution in [2.75, 3.05) is 33.1 Å². The molecule has 3 aliphatic heterocycles. The molecule has 8 nitrogen and oxygen atoms in total. The van der Waals surface area contributed by atoms with Crippen molar-refractivity contribution in [3.8, 4) is 22.8 Å². The standard InChI is InChI=1S/C19H21N3O5/c1-18(2)26-9-19(10-27-18)7-22(8-19)17(23)14-6-13(20-21-14)12-3-4-15-16(5-12)25-11-24-15/h3-6H,7-11H2,1-2H3,(H,20,21). The van der Waals surface area contributed by atoms with Gasteiger partial charge in [0, 0.05) is 18.7 Å². The third-order valence-corrected chi connectivity index (χ3v) is 5.27. The fraction of sp³-hybridized carbons (Fsp3) is 0.474. The molecule has 0 radical (unpaired) electrons. The number of hydrogen-bond acceptors (Lipinski definition) is 6. The van der Waals surface area contributed by atoms with E-state index in [9.17, 15) is 4.79 Å². The highest BCUT2D eigenvalue weighted by Gasteiger charge is 2.50. The molecule has 4 heterocycles. The van der Waals surface area contributed by atoms with E-state index >= 15 is 0 Å². The third-order valence-electron chi connectivity index (χ3n) is 5.27. The van der Waals surface area contributed by atoms with Gasteiger partial charge in [0.15, 0.2) is 17.3 Å². The molecule has 0 aliphatic carbocycles. The largest absolute Gasteiger partial charge is 0.454 e. The van der Waals surface area contributed by atoms with Crippen LogP contribution in [0.4, 0.5) is 0 Å². The normalized spacial score (nSPS) is 21.9. The summed E-state index contributed by atoms with van der Waals surface area (Å²) in [6.07, 6.45) is 0. The number of nitrogens with zero attached hydrogens (tertiary/aromatic N) is 2. The van der Waals surface area contributed by atoms with Gasteiger partial charge in [-0.1, -0.05) is 0 Å². The molecule has 2 fully saturated rings. The number of H-pyrrole nitrogens is 1. The number of hydrogen-bond donors (Lipinski definition) is 1. The predicted molar refractivity (Wildman–Crippen MR) is 94.5 cm³/mol. The lowest BCUT2D eigenvalue weighted by molar-refractivity contribution is -0.301. The Bertz CT molecular complexity index is 889. The van der Waals surface area contributed by atoms with Crippen LogP contribution in [0.2, 0.25) is 0 Å². The molecule has 5 rings (SSSR count). The zero-order valence-corrected chi connectivity index (χ0v) is 15.3. The summed E-state index contributed by atoms with van der Waals surface area (Å²) in [6, 6.07) is 7.37. The molecule has 1 N–H and O–H groups in total. The average molecular weight is 371 g/mol. The molecule has 8 heteroatoms. The van der Waals surface area contributed by atoms with E-state index in [0.29, 0.717) is 43.4 Å². The smallest absolute Gasteiger partial charge is 0.271 e. The minimum atomic E-state index is -0.543. The zero-order valence-electron chi connectivity index (χ0n) is 15.3. The molecule has 27 heavy (non-hydrogen) atoms. The highest BCUT2D eigenvalue weighted by atomic mass is 16.7. The van der Waals surface area contributed by atoms with Gasteiger partial charge in [-0.3, -0.25) is 9.89 Å². The maximum Gasteiger partial charge on any atom is 0.271 e. The quantitative estimate of drug-likeness (QED) is 0.869. The van der Waals surface area contributed by atoms with Crippen LogP contribution in [-0.2, 0) is 9.47 Å². The topological polar surface area (TPSA) is 85.9 Å². The molecule has 1 spiro atoms. The summed E-state index contributed by atoms with van der Waals surface area (Å²) in [5.74, 6) is 0.799. The molecule has 1 aromatic heterocycles. The van der Waals surface area contributed by atoms with Crippen molar-refractivity contribution < 1.29 is 23.7 Å². The summed E-state index contributed by atoms with van der Waals surface area (Å²) in [5, 5.41) is 7.13. The van der Waals surface area contributed by atoms with E-state index in [4.69, 9.17) is 18.9 Å². The lowest BCUT2D eigenvalue weighted by Crippen LogP contribution is -2.65. The van der Waals surface area contributed by atoms with E-state index in [1.165, 1.54) is 0 Å². The zero-order chi connectivity index (χ0) is 18.6. The maximum absolute atomic E-state index is 12.7. The first kappa shape index (κ1) is 16.6. The molecule has 1 amide bonds. The lowest BCUT2D eigenvalue weighted by Gasteiger charge is -2.53. The van der Waals surface area contributed by atoms with Crippen molar-refractivity contribution in [1.29, 1.82) is 0 Å². The van der Waals surface area contributed by atoms with Crippen LogP contribution in [0.1, 0.15) is 24.3 Å². The average Bonchev–Trinajstić information content (AvgIpc) is 3.28. The minimum absolute atomic E-state index is 0.0649. The van der Waals surface area contributed by atoms with Gasteiger partial charge in [0.2, 0.25) is 6.79 Å². The molecular formula is C19H21N3O5. The van der Waals surface area contributed by atoms with E-state index in [2.05, 4.69) is 10.2 Å². The van der Waals surface area contributed by atoms with Crippen LogP contribution in [-0.4, -0.2) is 59.9 Å². The van der Waals surface area contributed by atoms with Gasteiger partial charge in [-0.25, -0.2) is 0 Å². The molecule has 3 aliphatic rings. The molecule has 2 aromatic rings. The Labute approximate surface area is 156 Å². The summed E-state index contributed by atoms with van der Waals surface area (Å²) in [5.41, 5.74) is 1.94. The Hall–Kier alpha value is -2.58. The fourth-order valence-electron chi connectivity index (χ4n) is 3.63. The van der Waals surface area contributed by atoms with Crippen molar-refractivity contribution in [3.63, 3.8) is 0 Å². The lowest BCUT2D eigenvalue weighted by atomic mass is 9.80. The van der Waals surface area contributed by atoms with Crippen LogP contribution in [0, 0.1) is 5.41 Å². The fourth-order valence-corrected chi connectivity index (χ4v) is 3.63. The van der Waals surface area contributed by atoms with Gasteiger partial charge in [0.05, 0.1) is 24.3 Å². The number of carbonyl (C=O) groups is 1. The first-order valence-electron chi connectivity index (χ1n) is 8.96. The van der Waals surface area contributed by atoms with Crippen LogP contribution in [0.15, 0.2) is 24.3 Å². The molecule has 0 unspecified atom stereocenters. The highest BCUT2D eigenvalue weighted by Crippen LogP contribution is 2.39. The van der Waals surface area contributed by atoms with Gasteiger partial charge in [-0.2, -0.15) is 5.10 Å². The Morgan fingerprint density at radius 3 is 2.63 bits per heavy atom. The monoisotopic (exact) mass is 371 g/mol. The van der Waals surface area contributed by atoms with Gasteiger partial charge in [0.1, 0.15) is 5.69 Å². The van der Waals surface area contributed by atoms with Crippen LogP contribution >= 0.6 is 0 Å². The Kier molecular flexibility index (Phi) is 3.50. The number of aromatic amines is 1. The number of aromatic nitrogens is 2. The van der Waals surface area contributed by atoms with E-state index in [-0.39, 0.29) is 18.1 Å². The molecule has 1 aromatic carbocycles. The van der Waals surface area contributed by atoms with Gasteiger partial charge >= 0.3 is 0 Å². The van der Waals surface area contributed by atoms with Crippen molar-refractivity contribution in [2.24, 2.45) is 5.41 Å². The first-order valence-corrected chi connectivity index (χ1v) is 8.96. The van der Waals surface area contributed by atoms with Crippen LogP contribution in [0.3, 0.4) is 0 Å². The van der Waals surface area contributed by atoms with E-state index in [0.717, 1.165) is 11.3 Å². The van der Waals surface area contributed by atoms with Crippen LogP contribution < -0.4 is 9.47 Å². The summed E-state index contributed by atoms with van der Waals surface area (Å²) in [4.78, 5) is 14.5. The van der Waals surface area contributed by atoms with Gasteiger partial charge < -0.3 is 23.8 Å². The number of carbonyl (C=O) groups excluding carboxylic acids is 1. The molecule has 0 saturated carbocycles. The Morgan fingerprint density at radius 1 is 1.11 bits per heavy atom. The third kappa shape index (κ3) is 2.85. The summed E-state index contributed by atoms with van der Waals surface area (Å²) >= 11 is 0. The van der Waals surface area contributed by atoms with Crippen molar-refractivity contribution in [1.82, 2.24) is 15.1 Å². The van der Waals surface area contributed by atoms with Gasteiger partial charge in [-0.05, 0) is 38.1 Å². The number of nitrogens with one attached hydrogen (secondary N) is 1. The maximum atomic E-state index is 12.7. The Balaban J connectivity index is 1.26. The molecular weight excluding hydrogens is 350 g/mol. The second-order valence-electron chi connectivity index (χ2n) is 7.87. The summed E-state index contributed by atoms with van der Waals surface area (Å²) in [6.45, 7) is 6.50. The molecule has 142 valence electrons. The predicted octanol–water partition coefficient (Wildman–Crippen LogP) is 2.03. The molecule has 2 saturated heterocycles. The number of fused-ring (bicyclic) bond motifs is 1. The first-order chi connectivity index (χ1) is 12.9. The summed E-state index contributed by atoms with van der Waals surface area (Å²) < 4.78 is 22.2. The number of likely N-dealkylation sites (tertiary alicyclic amines) is 1. The van der Waals surface area contributed by atoms with E-state index in [1.54, 1.807) is 11.0 Å². The second kappa shape index (κ2) is 5.71. The number of ether oxygens (including phenoxy) is 4. The summed E-state index contributed by atoms with van der Waals surface area (Å²) in [7, 11) is 0. The van der Waals surface area contributed by atoms with Crippen molar-refractivity contribution >= 4 is 5.91 Å². The van der Waals surface area contributed by atoms with Gasteiger partial charge in [-0.15, -0.1) is 0 Å². The number of amides is 1. The molecule has 0 bridgehead atoms. The van der Waals surface area contributed by atoms with E-state index in [1.807, 2.05) is 32.0 Å². The number of benzene rings is 1.